The highest BCUT2D eigenvalue weighted by Crippen LogP contribution is 2.35. The second-order valence-electron chi connectivity index (χ2n) is 6.83. The molecule has 0 saturated carbocycles. The lowest BCUT2D eigenvalue weighted by Gasteiger charge is -2.25. The van der Waals surface area contributed by atoms with Gasteiger partial charge in [0.25, 0.3) is 0 Å². The monoisotopic (exact) mass is 338 g/mol. The highest BCUT2D eigenvalue weighted by Gasteiger charge is 2.17. The van der Waals surface area contributed by atoms with Gasteiger partial charge in [0.15, 0.2) is 0 Å². The number of aromatic nitrogens is 1. The normalized spacial score (nSPS) is 17.8. The van der Waals surface area contributed by atoms with Gasteiger partial charge < -0.3 is 21.4 Å². The fourth-order valence-electron chi connectivity index (χ4n) is 3.72. The zero-order valence-electron chi connectivity index (χ0n) is 14.3. The van der Waals surface area contributed by atoms with E-state index in [-0.39, 0.29) is 5.82 Å². The van der Waals surface area contributed by atoms with E-state index >= 15 is 0 Å². The highest BCUT2D eigenvalue weighted by molar-refractivity contribution is 5.98. The Labute approximate surface area is 146 Å². The molecular weight excluding hydrogens is 315 g/mol. The molecular formula is C20H23FN4. The van der Waals surface area contributed by atoms with Gasteiger partial charge in [-0.25, -0.2) is 4.39 Å². The zero-order valence-corrected chi connectivity index (χ0v) is 14.3. The fourth-order valence-corrected chi connectivity index (χ4v) is 3.72. The van der Waals surface area contributed by atoms with Crippen molar-refractivity contribution in [2.45, 2.75) is 25.8 Å². The standard InChI is InChI=1S/C20H23FN4/c1-12-4-2-6-16(21)20(12)13-8-17(24-14-5-3-7-23-11-14)15-10-19(22)25-18(15)9-13/h2,4,6,8-10,14,23-25H,3,5,7,11,22H2,1H3/t14-/m1/s1. The quantitative estimate of drug-likeness (QED) is 0.583. The number of aryl methyl sites for hydroxylation is 1. The highest BCUT2D eigenvalue weighted by atomic mass is 19.1. The van der Waals surface area contributed by atoms with Crippen molar-refractivity contribution in [3.05, 3.63) is 47.8 Å². The van der Waals surface area contributed by atoms with Crippen molar-refractivity contribution < 1.29 is 4.39 Å². The number of rotatable bonds is 3. The molecule has 1 saturated heterocycles. The van der Waals surface area contributed by atoms with E-state index in [1.54, 1.807) is 6.07 Å². The minimum absolute atomic E-state index is 0.204. The van der Waals surface area contributed by atoms with Gasteiger partial charge in [-0.15, -0.1) is 0 Å². The van der Waals surface area contributed by atoms with Crippen molar-refractivity contribution in [1.29, 1.82) is 0 Å². The van der Waals surface area contributed by atoms with Gasteiger partial charge in [0.1, 0.15) is 11.6 Å². The van der Waals surface area contributed by atoms with Crippen molar-refractivity contribution in [1.82, 2.24) is 10.3 Å². The van der Waals surface area contributed by atoms with Gasteiger partial charge >= 0.3 is 0 Å². The molecule has 25 heavy (non-hydrogen) atoms. The summed E-state index contributed by atoms with van der Waals surface area (Å²) in [5.41, 5.74) is 10.3. The van der Waals surface area contributed by atoms with E-state index in [0.717, 1.165) is 53.6 Å². The van der Waals surface area contributed by atoms with Gasteiger partial charge in [0, 0.05) is 34.7 Å². The number of nitrogen functional groups attached to an aromatic ring is 1. The number of halogens is 1. The zero-order chi connectivity index (χ0) is 17.4. The maximum atomic E-state index is 14.5. The van der Waals surface area contributed by atoms with Gasteiger partial charge in [-0.05, 0) is 61.7 Å². The summed E-state index contributed by atoms with van der Waals surface area (Å²) in [6.07, 6.45) is 2.28. The Morgan fingerprint density at radius 3 is 2.88 bits per heavy atom. The van der Waals surface area contributed by atoms with Crippen LogP contribution in [0.25, 0.3) is 22.0 Å². The molecule has 1 aliphatic rings. The van der Waals surface area contributed by atoms with Gasteiger partial charge in [-0.1, -0.05) is 12.1 Å². The number of piperidine rings is 1. The Hall–Kier alpha value is -2.53. The van der Waals surface area contributed by atoms with Gasteiger partial charge in [-0.3, -0.25) is 0 Å². The lowest BCUT2D eigenvalue weighted by atomic mass is 9.97. The first-order valence-electron chi connectivity index (χ1n) is 8.77. The molecule has 1 aliphatic heterocycles. The third-order valence-electron chi connectivity index (χ3n) is 4.93. The number of aromatic amines is 1. The summed E-state index contributed by atoms with van der Waals surface area (Å²) in [6, 6.07) is 11.5. The first kappa shape index (κ1) is 16.0. The van der Waals surface area contributed by atoms with E-state index in [9.17, 15) is 4.39 Å². The molecule has 5 N–H and O–H groups in total. The lowest BCUT2D eigenvalue weighted by Crippen LogP contribution is -2.38. The molecule has 0 radical (unpaired) electrons. The van der Waals surface area contributed by atoms with E-state index in [0.29, 0.717) is 17.4 Å². The number of H-pyrrole nitrogens is 1. The van der Waals surface area contributed by atoms with Crippen LogP contribution < -0.4 is 16.4 Å². The largest absolute Gasteiger partial charge is 0.385 e. The van der Waals surface area contributed by atoms with Crippen LogP contribution in [0.3, 0.4) is 0 Å². The molecule has 130 valence electrons. The summed E-state index contributed by atoms with van der Waals surface area (Å²) < 4.78 is 14.5. The average molecular weight is 338 g/mol. The van der Waals surface area contributed by atoms with Crippen LogP contribution in [0.1, 0.15) is 18.4 Å². The molecule has 2 aromatic carbocycles. The summed E-state index contributed by atoms with van der Waals surface area (Å²) in [7, 11) is 0. The number of nitrogens with two attached hydrogens (primary N) is 1. The number of anilines is 2. The SMILES string of the molecule is Cc1cccc(F)c1-c1cc(N[C@@H]2CCCNC2)c2cc(N)[nH]c2c1. The third-order valence-corrected chi connectivity index (χ3v) is 4.93. The Morgan fingerprint density at radius 1 is 1.24 bits per heavy atom. The van der Waals surface area contributed by atoms with Gasteiger partial charge in [0.2, 0.25) is 0 Å². The second-order valence-corrected chi connectivity index (χ2v) is 6.83. The maximum Gasteiger partial charge on any atom is 0.131 e. The number of hydrogen-bond acceptors (Lipinski definition) is 3. The fraction of sp³-hybridized carbons (Fsp3) is 0.300. The Kier molecular flexibility index (Phi) is 4.09. The van der Waals surface area contributed by atoms with E-state index in [4.69, 9.17) is 5.73 Å². The Morgan fingerprint density at radius 2 is 2.12 bits per heavy atom. The molecule has 4 rings (SSSR count). The van der Waals surface area contributed by atoms with Crippen LogP contribution in [0.5, 0.6) is 0 Å². The smallest absolute Gasteiger partial charge is 0.131 e. The van der Waals surface area contributed by atoms with E-state index < -0.39 is 0 Å². The van der Waals surface area contributed by atoms with Crippen molar-refractivity contribution in [2.75, 3.05) is 24.1 Å². The molecule has 0 spiro atoms. The molecule has 0 aliphatic carbocycles. The molecule has 3 aromatic rings. The first-order chi connectivity index (χ1) is 12.1. The number of nitrogens with one attached hydrogen (secondary N) is 3. The van der Waals surface area contributed by atoms with Crippen molar-refractivity contribution >= 4 is 22.4 Å². The first-order valence-corrected chi connectivity index (χ1v) is 8.77. The van der Waals surface area contributed by atoms with Crippen LogP contribution in [0.4, 0.5) is 15.9 Å². The van der Waals surface area contributed by atoms with E-state index in [1.807, 2.05) is 31.2 Å². The van der Waals surface area contributed by atoms with Crippen LogP contribution >= 0.6 is 0 Å². The average Bonchev–Trinajstić information content (AvgIpc) is 2.96. The summed E-state index contributed by atoms with van der Waals surface area (Å²) in [6.45, 7) is 3.94. The lowest BCUT2D eigenvalue weighted by molar-refractivity contribution is 0.480. The van der Waals surface area contributed by atoms with E-state index in [1.165, 1.54) is 6.07 Å². The van der Waals surface area contributed by atoms with E-state index in [2.05, 4.69) is 15.6 Å². The summed E-state index contributed by atoms with van der Waals surface area (Å²) in [4.78, 5) is 3.18. The van der Waals surface area contributed by atoms with Gasteiger partial charge in [-0.2, -0.15) is 0 Å². The van der Waals surface area contributed by atoms with Crippen LogP contribution in [0.15, 0.2) is 36.4 Å². The molecule has 0 bridgehead atoms. The summed E-state index contributed by atoms with van der Waals surface area (Å²) in [5.74, 6) is 0.409. The summed E-state index contributed by atoms with van der Waals surface area (Å²) in [5, 5.41) is 8.09. The minimum Gasteiger partial charge on any atom is -0.385 e. The number of benzene rings is 2. The topological polar surface area (TPSA) is 65.9 Å². The van der Waals surface area contributed by atoms with Crippen molar-refractivity contribution in [3.8, 4) is 11.1 Å². The van der Waals surface area contributed by atoms with Crippen LogP contribution in [0, 0.1) is 12.7 Å². The molecule has 2 heterocycles. The van der Waals surface area contributed by atoms with Crippen molar-refractivity contribution in [3.63, 3.8) is 0 Å². The molecule has 4 nitrogen and oxygen atoms in total. The van der Waals surface area contributed by atoms with Crippen LogP contribution in [0.2, 0.25) is 0 Å². The molecule has 0 unspecified atom stereocenters. The Bertz CT molecular complexity index is 889. The van der Waals surface area contributed by atoms with Crippen LogP contribution in [-0.4, -0.2) is 24.1 Å². The van der Waals surface area contributed by atoms with Gasteiger partial charge in [0.05, 0.1) is 0 Å². The molecule has 5 heteroatoms. The third kappa shape index (κ3) is 3.07. The molecule has 1 aromatic heterocycles. The molecule has 1 atom stereocenters. The second kappa shape index (κ2) is 6.41. The van der Waals surface area contributed by atoms with Crippen LogP contribution in [-0.2, 0) is 0 Å². The minimum atomic E-state index is -0.204. The predicted octanol–water partition coefficient (Wildman–Crippen LogP) is 4.03. The Balaban J connectivity index is 1.83. The molecule has 0 amide bonds. The molecule has 1 fully saturated rings. The van der Waals surface area contributed by atoms with Crippen molar-refractivity contribution in [2.24, 2.45) is 0 Å². The number of hydrogen-bond donors (Lipinski definition) is 4. The predicted molar refractivity (Wildman–Crippen MR) is 102 cm³/mol. The maximum absolute atomic E-state index is 14.5. The summed E-state index contributed by atoms with van der Waals surface area (Å²) >= 11 is 0. The number of fused-ring (bicyclic) bond motifs is 1.